The first-order valence-electron chi connectivity index (χ1n) is 6.95. The molecule has 0 aliphatic carbocycles. The fourth-order valence-corrected chi connectivity index (χ4v) is 1.61. The Morgan fingerprint density at radius 1 is 1.28 bits per heavy atom. The fourth-order valence-electron chi connectivity index (χ4n) is 1.61. The largest absolute Gasteiger partial charge is 0.492 e. The number of ether oxygens (including phenoxy) is 1. The highest BCUT2D eigenvalue weighted by Crippen LogP contribution is 2.15. The highest BCUT2D eigenvalue weighted by molar-refractivity contribution is 5.21. The summed E-state index contributed by atoms with van der Waals surface area (Å²) in [5.74, 6) is 1.54. The van der Waals surface area contributed by atoms with Crippen LogP contribution in [0.5, 0.6) is 5.75 Å². The number of rotatable bonds is 8. The molecule has 1 atom stereocenters. The van der Waals surface area contributed by atoms with Crippen molar-refractivity contribution in [2.24, 2.45) is 5.92 Å². The van der Waals surface area contributed by atoms with Gasteiger partial charge in [0.2, 0.25) is 0 Å². The summed E-state index contributed by atoms with van der Waals surface area (Å²) in [5, 5.41) is 3.42. The second-order valence-corrected chi connectivity index (χ2v) is 5.13. The normalized spacial score (nSPS) is 12.7. The van der Waals surface area contributed by atoms with E-state index in [1.54, 1.807) is 0 Å². The molecular weight excluding hydrogens is 224 g/mol. The van der Waals surface area contributed by atoms with Crippen LogP contribution in [-0.2, 0) is 0 Å². The van der Waals surface area contributed by atoms with Gasteiger partial charge < -0.3 is 10.1 Å². The van der Waals surface area contributed by atoms with Gasteiger partial charge in [0.15, 0.2) is 0 Å². The summed E-state index contributed by atoms with van der Waals surface area (Å²) in [6.07, 6.45) is 4.04. The molecule has 0 fully saturated rings. The monoisotopic (exact) mass is 250 g/mol. The maximum atomic E-state index is 5.65. The maximum absolute atomic E-state index is 5.65. The molecule has 1 unspecified atom stereocenters. The van der Waals surface area contributed by atoms with Crippen LogP contribution in [0.3, 0.4) is 0 Å². The molecule has 3 heteroatoms. The predicted molar refractivity (Wildman–Crippen MR) is 75.9 cm³/mol. The van der Waals surface area contributed by atoms with Crippen molar-refractivity contribution in [1.82, 2.24) is 10.3 Å². The Kier molecular flexibility index (Phi) is 6.73. The average Bonchev–Trinajstić information content (AvgIpc) is 2.36. The third-order valence-electron chi connectivity index (χ3n) is 2.87. The topological polar surface area (TPSA) is 34.1 Å². The van der Waals surface area contributed by atoms with Gasteiger partial charge in [-0.2, -0.15) is 0 Å². The molecule has 1 rings (SSSR count). The average molecular weight is 250 g/mol. The number of hydrogen-bond donors (Lipinski definition) is 1. The minimum absolute atomic E-state index is 0.301. The zero-order valence-corrected chi connectivity index (χ0v) is 12.1. The van der Waals surface area contributed by atoms with Gasteiger partial charge in [0.05, 0.1) is 18.5 Å². The van der Waals surface area contributed by atoms with E-state index in [2.05, 4.69) is 38.0 Å². The molecule has 1 heterocycles. The van der Waals surface area contributed by atoms with E-state index < -0.39 is 0 Å². The van der Waals surface area contributed by atoms with E-state index in [9.17, 15) is 0 Å². The van der Waals surface area contributed by atoms with Crippen LogP contribution >= 0.6 is 0 Å². The zero-order chi connectivity index (χ0) is 13.4. The first kappa shape index (κ1) is 15.0. The van der Waals surface area contributed by atoms with Crippen molar-refractivity contribution in [3.05, 3.63) is 24.0 Å². The minimum atomic E-state index is 0.301. The van der Waals surface area contributed by atoms with Crippen molar-refractivity contribution in [1.29, 1.82) is 0 Å². The molecule has 1 aromatic heterocycles. The van der Waals surface area contributed by atoms with Crippen molar-refractivity contribution >= 4 is 0 Å². The predicted octanol–water partition coefficient (Wildman–Crippen LogP) is 3.57. The van der Waals surface area contributed by atoms with Crippen molar-refractivity contribution in [2.75, 3.05) is 13.2 Å². The van der Waals surface area contributed by atoms with Gasteiger partial charge in [-0.05, 0) is 44.4 Å². The van der Waals surface area contributed by atoms with Crippen LogP contribution in [0.15, 0.2) is 18.3 Å². The van der Waals surface area contributed by atoms with Crippen molar-refractivity contribution in [3.63, 3.8) is 0 Å². The molecular formula is C15H26N2O. The van der Waals surface area contributed by atoms with Gasteiger partial charge in [0.1, 0.15) is 5.75 Å². The molecule has 0 aliphatic heterocycles. The molecule has 18 heavy (non-hydrogen) atoms. The van der Waals surface area contributed by atoms with E-state index in [0.29, 0.717) is 12.0 Å². The standard InChI is InChI=1S/C15H26N2O/c1-5-9-16-13(4)15-7-6-14(11-17-15)18-10-8-12(2)3/h6-7,11-13,16H,5,8-10H2,1-4H3. The van der Waals surface area contributed by atoms with Crippen LogP contribution in [0.2, 0.25) is 0 Å². The van der Waals surface area contributed by atoms with E-state index in [4.69, 9.17) is 4.74 Å². The van der Waals surface area contributed by atoms with Gasteiger partial charge in [-0.15, -0.1) is 0 Å². The minimum Gasteiger partial charge on any atom is -0.492 e. The zero-order valence-electron chi connectivity index (χ0n) is 12.1. The quantitative estimate of drug-likeness (QED) is 0.766. The lowest BCUT2D eigenvalue weighted by Crippen LogP contribution is -2.20. The van der Waals surface area contributed by atoms with Crippen LogP contribution in [0.1, 0.15) is 52.3 Å². The number of aromatic nitrogens is 1. The third-order valence-corrected chi connectivity index (χ3v) is 2.87. The van der Waals surface area contributed by atoms with E-state index in [1.165, 1.54) is 0 Å². The summed E-state index contributed by atoms with van der Waals surface area (Å²) in [7, 11) is 0. The molecule has 1 N–H and O–H groups in total. The summed E-state index contributed by atoms with van der Waals surface area (Å²) in [4.78, 5) is 4.44. The molecule has 1 aromatic rings. The number of nitrogens with zero attached hydrogens (tertiary/aromatic N) is 1. The van der Waals surface area contributed by atoms with Crippen LogP contribution in [0.4, 0.5) is 0 Å². The molecule has 0 saturated heterocycles. The van der Waals surface area contributed by atoms with Crippen LogP contribution in [-0.4, -0.2) is 18.1 Å². The Bertz CT molecular complexity index is 322. The maximum Gasteiger partial charge on any atom is 0.137 e. The molecule has 0 bridgehead atoms. The van der Waals surface area contributed by atoms with E-state index in [0.717, 1.165) is 37.4 Å². The van der Waals surface area contributed by atoms with Gasteiger partial charge >= 0.3 is 0 Å². The molecule has 0 saturated carbocycles. The van der Waals surface area contributed by atoms with Gasteiger partial charge in [-0.1, -0.05) is 20.8 Å². The Morgan fingerprint density at radius 2 is 2.06 bits per heavy atom. The first-order chi connectivity index (χ1) is 8.63. The van der Waals surface area contributed by atoms with Gasteiger partial charge in [-0.3, -0.25) is 4.98 Å². The summed E-state index contributed by atoms with van der Waals surface area (Å²) in [6, 6.07) is 4.35. The third kappa shape index (κ3) is 5.50. The van der Waals surface area contributed by atoms with Gasteiger partial charge in [-0.25, -0.2) is 0 Å². The van der Waals surface area contributed by atoms with Crippen LogP contribution in [0.25, 0.3) is 0 Å². The van der Waals surface area contributed by atoms with E-state index in [-0.39, 0.29) is 0 Å². The van der Waals surface area contributed by atoms with Gasteiger partial charge in [0.25, 0.3) is 0 Å². The van der Waals surface area contributed by atoms with E-state index >= 15 is 0 Å². The molecule has 0 aromatic carbocycles. The number of nitrogens with one attached hydrogen (secondary N) is 1. The second-order valence-electron chi connectivity index (χ2n) is 5.13. The summed E-state index contributed by atoms with van der Waals surface area (Å²) >= 11 is 0. The molecule has 0 radical (unpaired) electrons. The van der Waals surface area contributed by atoms with Crippen LogP contribution < -0.4 is 10.1 Å². The Hall–Kier alpha value is -1.09. The van der Waals surface area contributed by atoms with Crippen molar-refractivity contribution in [2.45, 2.75) is 46.6 Å². The molecule has 0 aliphatic rings. The van der Waals surface area contributed by atoms with Crippen LogP contribution in [0, 0.1) is 5.92 Å². The smallest absolute Gasteiger partial charge is 0.137 e. The summed E-state index contributed by atoms with van der Waals surface area (Å²) < 4.78 is 5.65. The second kappa shape index (κ2) is 8.09. The highest BCUT2D eigenvalue weighted by Gasteiger charge is 2.05. The Balaban J connectivity index is 2.41. The number of pyridine rings is 1. The van der Waals surface area contributed by atoms with Gasteiger partial charge in [0, 0.05) is 6.04 Å². The molecule has 102 valence electrons. The molecule has 0 spiro atoms. The highest BCUT2D eigenvalue weighted by atomic mass is 16.5. The molecule has 0 amide bonds. The molecule has 3 nitrogen and oxygen atoms in total. The SMILES string of the molecule is CCCNC(C)c1ccc(OCCC(C)C)cn1. The Morgan fingerprint density at radius 3 is 2.61 bits per heavy atom. The summed E-state index contributed by atoms with van der Waals surface area (Å²) in [5.41, 5.74) is 1.07. The number of hydrogen-bond acceptors (Lipinski definition) is 3. The Labute approximate surface area is 111 Å². The lowest BCUT2D eigenvalue weighted by Gasteiger charge is -2.13. The summed E-state index contributed by atoms with van der Waals surface area (Å²) in [6.45, 7) is 10.5. The lowest BCUT2D eigenvalue weighted by atomic mass is 10.1. The fraction of sp³-hybridized carbons (Fsp3) is 0.667. The lowest BCUT2D eigenvalue weighted by molar-refractivity contribution is 0.288. The van der Waals surface area contributed by atoms with Crippen molar-refractivity contribution in [3.8, 4) is 5.75 Å². The van der Waals surface area contributed by atoms with E-state index in [1.807, 2.05) is 18.3 Å². The first-order valence-corrected chi connectivity index (χ1v) is 6.95. The van der Waals surface area contributed by atoms with Crippen molar-refractivity contribution < 1.29 is 4.74 Å².